The summed E-state index contributed by atoms with van der Waals surface area (Å²) < 4.78 is 26.4. The highest BCUT2D eigenvalue weighted by Gasteiger charge is 2.16. The van der Waals surface area contributed by atoms with Gasteiger partial charge in [-0.1, -0.05) is 0 Å². The summed E-state index contributed by atoms with van der Waals surface area (Å²) in [7, 11) is 1.47. The van der Waals surface area contributed by atoms with Crippen molar-refractivity contribution in [3.05, 3.63) is 72.3 Å². The number of hydrogen-bond acceptors (Lipinski definition) is 5. The predicted octanol–water partition coefficient (Wildman–Crippen LogP) is 4.20. The molecule has 0 saturated heterocycles. The molecule has 2 heterocycles. The van der Waals surface area contributed by atoms with E-state index >= 15 is 0 Å². The van der Waals surface area contributed by atoms with Gasteiger partial charge >= 0.3 is 0 Å². The third-order valence-electron chi connectivity index (χ3n) is 4.47. The molecule has 0 radical (unpaired) electrons. The van der Waals surface area contributed by atoms with Crippen LogP contribution in [-0.2, 0) is 0 Å². The molecule has 4 rings (SSSR count). The van der Waals surface area contributed by atoms with Gasteiger partial charge in [0.15, 0.2) is 11.3 Å². The average molecular weight is 406 g/mol. The van der Waals surface area contributed by atoms with Crippen molar-refractivity contribution in [2.45, 2.75) is 6.92 Å². The molecule has 4 aromatic rings. The Hall–Kier alpha value is -3.94. The molecule has 0 spiro atoms. The van der Waals surface area contributed by atoms with Gasteiger partial charge in [-0.25, -0.2) is 13.9 Å². The maximum Gasteiger partial charge on any atom is 0.276 e. The van der Waals surface area contributed by atoms with Gasteiger partial charge in [0.2, 0.25) is 0 Å². The van der Waals surface area contributed by atoms with Crippen LogP contribution >= 0.6 is 0 Å². The number of carbonyl (C=O) groups is 1. The Morgan fingerprint density at radius 2 is 1.87 bits per heavy atom. The monoisotopic (exact) mass is 406 g/mol. The average Bonchev–Trinajstić information content (AvgIpc) is 3.20. The number of ether oxygens (including phenoxy) is 2. The zero-order valence-electron chi connectivity index (χ0n) is 16.4. The van der Waals surface area contributed by atoms with Gasteiger partial charge in [0.1, 0.15) is 17.3 Å². The smallest absolute Gasteiger partial charge is 0.276 e. The van der Waals surface area contributed by atoms with Crippen molar-refractivity contribution in [1.82, 2.24) is 14.6 Å². The van der Waals surface area contributed by atoms with Crippen LogP contribution < -0.4 is 14.8 Å². The lowest BCUT2D eigenvalue weighted by atomic mass is 10.1. The van der Waals surface area contributed by atoms with E-state index in [9.17, 15) is 9.18 Å². The van der Waals surface area contributed by atoms with E-state index in [1.54, 1.807) is 54.7 Å². The Labute approximate surface area is 172 Å². The lowest BCUT2D eigenvalue weighted by molar-refractivity contribution is 0.102. The molecule has 152 valence electrons. The minimum Gasteiger partial charge on any atom is -0.497 e. The molecular weight excluding hydrogens is 387 g/mol. The Morgan fingerprint density at radius 3 is 2.57 bits per heavy atom. The van der Waals surface area contributed by atoms with E-state index in [1.165, 1.54) is 17.7 Å². The second kappa shape index (κ2) is 8.20. The van der Waals surface area contributed by atoms with Gasteiger partial charge < -0.3 is 14.8 Å². The predicted molar refractivity (Wildman–Crippen MR) is 110 cm³/mol. The van der Waals surface area contributed by atoms with Crippen LogP contribution in [0.4, 0.5) is 10.1 Å². The number of methoxy groups -OCH3 is 1. The summed E-state index contributed by atoms with van der Waals surface area (Å²) in [4.78, 5) is 16.9. The number of benzene rings is 2. The molecule has 0 aliphatic heterocycles. The lowest BCUT2D eigenvalue weighted by Crippen LogP contribution is -2.12. The SMILES string of the molecule is CCOc1ccc(NC(=O)c2cc3nccc(-c4ccc(OC)cc4F)n3n2)cc1. The van der Waals surface area contributed by atoms with Crippen molar-refractivity contribution in [1.29, 1.82) is 0 Å². The molecule has 30 heavy (non-hydrogen) atoms. The fraction of sp³-hybridized carbons (Fsp3) is 0.136. The Morgan fingerprint density at radius 1 is 1.10 bits per heavy atom. The van der Waals surface area contributed by atoms with Crippen LogP contribution in [0.3, 0.4) is 0 Å². The van der Waals surface area contributed by atoms with Crippen LogP contribution in [-0.4, -0.2) is 34.2 Å². The summed E-state index contributed by atoms with van der Waals surface area (Å²) >= 11 is 0. The molecule has 2 aromatic carbocycles. The molecule has 0 saturated carbocycles. The first kappa shape index (κ1) is 19.4. The molecule has 0 atom stereocenters. The summed E-state index contributed by atoms with van der Waals surface area (Å²) in [5.41, 5.74) is 2.00. The van der Waals surface area contributed by atoms with Crippen LogP contribution in [0.15, 0.2) is 60.8 Å². The van der Waals surface area contributed by atoms with Crippen molar-refractivity contribution in [2.24, 2.45) is 0 Å². The number of hydrogen-bond donors (Lipinski definition) is 1. The second-order valence-electron chi connectivity index (χ2n) is 6.39. The Bertz CT molecular complexity index is 1200. The molecule has 1 N–H and O–H groups in total. The number of nitrogens with one attached hydrogen (secondary N) is 1. The van der Waals surface area contributed by atoms with Crippen LogP contribution in [0, 0.1) is 5.82 Å². The number of amides is 1. The highest BCUT2D eigenvalue weighted by molar-refractivity contribution is 6.03. The summed E-state index contributed by atoms with van der Waals surface area (Å²) in [5, 5.41) is 7.12. The molecule has 0 aliphatic carbocycles. The minimum absolute atomic E-state index is 0.165. The van der Waals surface area contributed by atoms with E-state index in [0.717, 1.165) is 5.75 Å². The first-order valence-corrected chi connectivity index (χ1v) is 9.32. The van der Waals surface area contributed by atoms with Crippen LogP contribution in [0.2, 0.25) is 0 Å². The maximum absolute atomic E-state index is 14.6. The van der Waals surface area contributed by atoms with E-state index in [-0.39, 0.29) is 5.69 Å². The van der Waals surface area contributed by atoms with Crippen molar-refractivity contribution in [2.75, 3.05) is 19.0 Å². The first-order valence-electron chi connectivity index (χ1n) is 9.32. The van der Waals surface area contributed by atoms with Crippen LogP contribution in [0.1, 0.15) is 17.4 Å². The molecule has 8 heteroatoms. The van der Waals surface area contributed by atoms with Gasteiger partial charge in [-0.2, -0.15) is 5.10 Å². The van der Waals surface area contributed by atoms with E-state index in [2.05, 4.69) is 15.4 Å². The fourth-order valence-electron chi connectivity index (χ4n) is 3.04. The van der Waals surface area contributed by atoms with Gasteiger partial charge in [-0.3, -0.25) is 4.79 Å². The van der Waals surface area contributed by atoms with Crippen molar-refractivity contribution < 1.29 is 18.7 Å². The maximum atomic E-state index is 14.6. The summed E-state index contributed by atoms with van der Waals surface area (Å²) in [6, 6.07) is 14.8. The van der Waals surface area contributed by atoms with Crippen molar-refractivity contribution in [3.63, 3.8) is 0 Å². The molecule has 0 fully saturated rings. The topological polar surface area (TPSA) is 77.8 Å². The van der Waals surface area contributed by atoms with Gasteiger partial charge in [0.05, 0.1) is 19.4 Å². The number of anilines is 1. The van der Waals surface area contributed by atoms with Gasteiger partial charge in [0.25, 0.3) is 5.91 Å². The standard InChI is InChI=1S/C22H19FN4O3/c1-3-30-15-6-4-14(5-7-15)25-22(28)19-13-21-24-11-10-20(27(21)26-19)17-9-8-16(29-2)12-18(17)23/h4-13H,3H2,1-2H3,(H,25,28). The zero-order valence-corrected chi connectivity index (χ0v) is 16.4. The van der Waals surface area contributed by atoms with E-state index in [1.807, 2.05) is 6.92 Å². The highest BCUT2D eigenvalue weighted by Crippen LogP contribution is 2.26. The number of fused-ring (bicyclic) bond motifs is 1. The van der Waals surface area contributed by atoms with Gasteiger partial charge in [-0.05, 0) is 49.4 Å². The molecule has 1 amide bonds. The summed E-state index contributed by atoms with van der Waals surface area (Å²) in [5.74, 6) is 0.277. The third-order valence-corrected chi connectivity index (χ3v) is 4.47. The van der Waals surface area contributed by atoms with Crippen LogP contribution in [0.25, 0.3) is 16.9 Å². The number of aromatic nitrogens is 3. The first-order chi connectivity index (χ1) is 14.6. The number of carbonyl (C=O) groups excluding carboxylic acids is 1. The lowest BCUT2D eigenvalue weighted by Gasteiger charge is -2.07. The molecule has 0 aliphatic rings. The number of nitrogens with zero attached hydrogens (tertiary/aromatic N) is 3. The third kappa shape index (κ3) is 3.80. The summed E-state index contributed by atoms with van der Waals surface area (Å²) in [6.07, 6.45) is 1.55. The van der Waals surface area contributed by atoms with Crippen LogP contribution in [0.5, 0.6) is 11.5 Å². The van der Waals surface area contributed by atoms with E-state index < -0.39 is 11.7 Å². The largest absolute Gasteiger partial charge is 0.497 e. The summed E-state index contributed by atoms with van der Waals surface area (Å²) in [6.45, 7) is 2.47. The quantitative estimate of drug-likeness (QED) is 0.519. The highest BCUT2D eigenvalue weighted by atomic mass is 19.1. The van der Waals surface area contributed by atoms with E-state index in [0.29, 0.717) is 34.9 Å². The Balaban J connectivity index is 1.63. The molecule has 0 unspecified atom stereocenters. The number of halogens is 1. The van der Waals surface area contributed by atoms with Crippen molar-refractivity contribution in [3.8, 4) is 22.8 Å². The van der Waals surface area contributed by atoms with Crippen molar-refractivity contribution >= 4 is 17.2 Å². The molecule has 2 aromatic heterocycles. The minimum atomic E-state index is -0.460. The molecular formula is C22H19FN4O3. The Kier molecular flexibility index (Phi) is 5.30. The van der Waals surface area contributed by atoms with E-state index in [4.69, 9.17) is 9.47 Å². The fourth-order valence-corrected chi connectivity index (χ4v) is 3.04. The second-order valence-corrected chi connectivity index (χ2v) is 6.39. The van der Waals surface area contributed by atoms with Gasteiger partial charge in [0, 0.05) is 29.6 Å². The zero-order chi connectivity index (χ0) is 21.1. The molecule has 7 nitrogen and oxygen atoms in total. The number of rotatable bonds is 6. The molecule has 0 bridgehead atoms. The normalized spacial score (nSPS) is 10.8. The van der Waals surface area contributed by atoms with Gasteiger partial charge in [-0.15, -0.1) is 0 Å².